The minimum Gasteiger partial charge on any atom is -0.387 e. The zero-order valence-corrected chi connectivity index (χ0v) is 11.9. The van der Waals surface area contributed by atoms with E-state index in [1.54, 1.807) is 0 Å². The number of aliphatic hydroxyl groups excluding tert-OH is 1. The van der Waals surface area contributed by atoms with Gasteiger partial charge in [-0.1, -0.05) is 26.0 Å². The van der Waals surface area contributed by atoms with Crippen molar-refractivity contribution in [2.75, 3.05) is 11.9 Å². The molecule has 1 rings (SSSR count). The third kappa shape index (κ3) is 5.01. The summed E-state index contributed by atoms with van der Waals surface area (Å²) in [6, 6.07) is 7.39. The van der Waals surface area contributed by atoms with Crippen LogP contribution in [-0.2, 0) is 4.79 Å². The minimum atomic E-state index is -0.525. The van der Waals surface area contributed by atoms with Crippen molar-refractivity contribution in [1.29, 1.82) is 0 Å². The van der Waals surface area contributed by atoms with Gasteiger partial charge in [-0.25, -0.2) is 0 Å². The molecule has 0 radical (unpaired) electrons. The number of carbonyl (C=O) groups excluding carboxylic acids is 1. The minimum absolute atomic E-state index is 0.0616. The molecular weight excluding hydrogens is 240 g/mol. The topological polar surface area (TPSA) is 61.4 Å². The van der Waals surface area contributed by atoms with Gasteiger partial charge in [-0.05, 0) is 37.1 Å². The molecule has 0 aliphatic carbocycles. The predicted molar refractivity (Wildman–Crippen MR) is 78.1 cm³/mol. The highest BCUT2D eigenvalue weighted by molar-refractivity contribution is 5.88. The summed E-state index contributed by atoms with van der Waals surface area (Å²) in [6.07, 6.45) is 1.39. The van der Waals surface area contributed by atoms with E-state index in [-0.39, 0.29) is 11.9 Å². The first-order chi connectivity index (χ1) is 9.08. The van der Waals surface area contributed by atoms with E-state index in [2.05, 4.69) is 24.5 Å². The number of rotatable bonds is 7. The van der Waals surface area contributed by atoms with E-state index in [1.807, 2.05) is 24.3 Å². The Kier molecular flexibility index (Phi) is 6.53. The molecule has 1 amide bonds. The van der Waals surface area contributed by atoms with Gasteiger partial charge in [-0.3, -0.25) is 4.79 Å². The molecule has 1 aromatic carbocycles. The molecule has 0 saturated heterocycles. The number of hydrogen-bond acceptors (Lipinski definition) is 3. The zero-order valence-electron chi connectivity index (χ0n) is 11.9. The third-order valence-corrected chi connectivity index (χ3v) is 3.05. The molecule has 106 valence electrons. The van der Waals surface area contributed by atoms with E-state index in [1.165, 1.54) is 6.92 Å². The maximum absolute atomic E-state index is 10.9. The molecule has 0 spiro atoms. The van der Waals surface area contributed by atoms with Crippen molar-refractivity contribution in [3.63, 3.8) is 0 Å². The summed E-state index contributed by atoms with van der Waals surface area (Å²) >= 11 is 0. The Morgan fingerprint density at radius 3 is 2.37 bits per heavy atom. The van der Waals surface area contributed by atoms with Crippen LogP contribution >= 0.6 is 0 Å². The second-order valence-electron chi connectivity index (χ2n) is 4.72. The number of carbonyl (C=O) groups is 1. The molecule has 3 N–H and O–H groups in total. The van der Waals surface area contributed by atoms with Crippen LogP contribution in [0.25, 0.3) is 0 Å². The summed E-state index contributed by atoms with van der Waals surface area (Å²) in [5.41, 5.74) is 1.61. The Morgan fingerprint density at radius 2 is 1.89 bits per heavy atom. The van der Waals surface area contributed by atoms with Gasteiger partial charge in [0.05, 0.1) is 6.10 Å². The predicted octanol–water partition coefficient (Wildman–Crippen LogP) is 2.46. The second-order valence-corrected chi connectivity index (χ2v) is 4.72. The molecule has 0 fully saturated rings. The Hall–Kier alpha value is -1.39. The fourth-order valence-electron chi connectivity index (χ4n) is 2.01. The average molecular weight is 264 g/mol. The molecule has 0 saturated carbocycles. The molecule has 0 aromatic heterocycles. The van der Waals surface area contributed by atoms with E-state index in [4.69, 9.17) is 0 Å². The van der Waals surface area contributed by atoms with Gasteiger partial charge in [-0.15, -0.1) is 0 Å². The summed E-state index contributed by atoms with van der Waals surface area (Å²) in [5, 5.41) is 16.4. The van der Waals surface area contributed by atoms with Crippen molar-refractivity contribution in [2.24, 2.45) is 0 Å². The molecule has 0 bridgehead atoms. The number of nitrogens with one attached hydrogen (secondary N) is 2. The molecule has 4 nitrogen and oxygen atoms in total. The van der Waals surface area contributed by atoms with Crippen molar-refractivity contribution in [3.05, 3.63) is 29.8 Å². The van der Waals surface area contributed by atoms with Gasteiger partial charge < -0.3 is 15.7 Å². The van der Waals surface area contributed by atoms with Crippen LogP contribution in [0, 0.1) is 0 Å². The molecule has 0 aliphatic heterocycles. The smallest absolute Gasteiger partial charge is 0.221 e. The number of anilines is 1. The lowest BCUT2D eigenvalue weighted by Crippen LogP contribution is -2.34. The number of benzene rings is 1. The highest BCUT2D eigenvalue weighted by atomic mass is 16.3. The lowest BCUT2D eigenvalue weighted by atomic mass is 10.00. The van der Waals surface area contributed by atoms with E-state index >= 15 is 0 Å². The molecule has 4 heteroatoms. The maximum atomic E-state index is 10.9. The van der Waals surface area contributed by atoms with Crippen LogP contribution in [0.4, 0.5) is 5.69 Å². The number of hydrogen-bond donors (Lipinski definition) is 3. The van der Waals surface area contributed by atoms with Crippen molar-refractivity contribution < 1.29 is 9.90 Å². The molecule has 0 heterocycles. The molecule has 2 atom stereocenters. The molecular formula is C15H24N2O2. The Balaban J connectivity index is 2.69. The van der Waals surface area contributed by atoms with E-state index in [9.17, 15) is 9.90 Å². The van der Waals surface area contributed by atoms with Gasteiger partial charge in [0.1, 0.15) is 0 Å². The fourth-order valence-corrected chi connectivity index (χ4v) is 2.01. The first kappa shape index (κ1) is 15.7. The van der Waals surface area contributed by atoms with Gasteiger partial charge in [-0.2, -0.15) is 0 Å². The summed E-state index contributed by atoms with van der Waals surface area (Å²) in [7, 11) is 0. The second kappa shape index (κ2) is 7.92. The van der Waals surface area contributed by atoms with Gasteiger partial charge in [0.15, 0.2) is 0 Å². The van der Waals surface area contributed by atoms with Gasteiger partial charge in [0.25, 0.3) is 0 Å². The summed E-state index contributed by atoms with van der Waals surface area (Å²) in [5.74, 6) is -0.0932. The van der Waals surface area contributed by atoms with Crippen LogP contribution in [0.15, 0.2) is 24.3 Å². The molecule has 1 aromatic rings. The average Bonchev–Trinajstić information content (AvgIpc) is 2.39. The van der Waals surface area contributed by atoms with Crippen LogP contribution < -0.4 is 10.6 Å². The van der Waals surface area contributed by atoms with E-state index < -0.39 is 6.10 Å². The fraction of sp³-hybridized carbons (Fsp3) is 0.533. The normalized spacial score (nSPS) is 13.9. The third-order valence-electron chi connectivity index (χ3n) is 3.05. The monoisotopic (exact) mass is 264 g/mol. The zero-order chi connectivity index (χ0) is 14.3. The lowest BCUT2D eigenvalue weighted by Gasteiger charge is -2.23. The van der Waals surface area contributed by atoms with Crippen LogP contribution in [0.1, 0.15) is 45.3 Å². The summed E-state index contributed by atoms with van der Waals surface area (Å²) < 4.78 is 0. The van der Waals surface area contributed by atoms with Gasteiger partial charge in [0, 0.05) is 18.7 Å². The first-order valence-corrected chi connectivity index (χ1v) is 6.87. The maximum Gasteiger partial charge on any atom is 0.221 e. The first-order valence-electron chi connectivity index (χ1n) is 6.87. The largest absolute Gasteiger partial charge is 0.387 e. The van der Waals surface area contributed by atoms with Crippen LogP contribution in [0.5, 0.6) is 0 Å². The van der Waals surface area contributed by atoms with Crippen molar-refractivity contribution in [3.8, 4) is 0 Å². The Morgan fingerprint density at radius 1 is 1.26 bits per heavy atom. The number of amides is 1. The van der Waals surface area contributed by atoms with Crippen LogP contribution in [-0.4, -0.2) is 23.6 Å². The summed E-state index contributed by atoms with van der Waals surface area (Å²) in [4.78, 5) is 10.9. The van der Waals surface area contributed by atoms with E-state index in [0.717, 1.165) is 30.6 Å². The van der Waals surface area contributed by atoms with Gasteiger partial charge in [0.2, 0.25) is 5.91 Å². The van der Waals surface area contributed by atoms with Crippen molar-refractivity contribution in [1.82, 2.24) is 5.32 Å². The van der Waals surface area contributed by atoms with Crippen molar-refractivity contribution in [2.45, 2.75) is 45.8 Å². The quantitative estimate of drug-likeness (QED) is 0.709. The SMILES string of the molecule is CCCNC(CC)C(O)c1ccc(NC(C)=O)cc1. The standard InChI is InChI=1S/C15H24N2O2/c1-4-10-16-14(5-2)15(19)12-6-8-13(9-7-12)17-11(3)18/h6-9,14-16,19H,4-5,10H2,1-3H3,(H,17,18). The Bertz CT molecular complexity index is 390. The highest BCUT2D eigenvalue weighted by Crippen LogP contribution is 2.21. The molecule has 0 aliphatic rings. The summed E-state index contributed by atoms with van der Waals surface area (Å²) in [6.45, 7) is 6.54. The Labute approximate surface area is 115 Å². The van der Waals surface area contributed by atoms with Crippen LogP contribution in [0.3, 0.4) is 0 Å². The lowest BCUT2D eigenvalue weighted by molar-refractivity contribution is -0.114. The van der Waals surface area contributed by atoms with Crippen LogP contribution in [0.2, 0.25) is 0 Å². The van der Waals surface area contributed by atoms with Gasteiger partial charge >= 0.3 is 0 Å². The number of aliphatic hydroxyl groups is 1. The molecule has 2 unspecified atom stereocenters. The van der Waals surface area contributed by atoms with E-state index in [0.29, 0.717) is 0 Å². The van der Waals surface area contributed by atoms with Crippen molar-refractivity contribution >= 4 is 11.6 Å². The highest BCUT2D eigenvalue weighted by Gasteiger charge is 2.18. The molecule has 19 heavy (non-hydrogen) atoms.